The third-order valence-corrected chi connectivity index (χ3v) is 5.64. The van der Waals surface area contributed by atoms with Crippen LogP contribution in [0.15, 0.2) is 60.8 Å². The third-order valence-electron chi connectivity index (χ3n) is 5.64. The molecule has 3 amide bonds. The smallest absolute Gasteiger partial charge is 0.278 e. The van der Waals surface area contributed by atoms with Gasteiger partial charge in [-0.25, -0.2) is 9.97 Å². The van der Waals surface area contributed by atoms with Crippen LogP contribution in [0.1, 0.15) is 40.8 Å². The van der Waals surface area contributed by atoms with E-state index in [4.69, 9.17) is 11.5 Å². The summed E-state index contributed by atoms with van der Waals surface area (Å²) in [5, 5.41) is 2.75. The normalized spacial score (nSPS) is 14.0. The molecule has 0 spiro atoms. The van der Waals surface area contributed by atoms with E-state index in [1.165, 1.54) is 6.20 Å². The fourth-order valence-corrected chi connectivity index (χ4v) is 3.78. The summed E-state index contributed by atoms with van der Waals surface area (Å²) in [6.45, 7) is 0.949. The average Bonchev–Trinajstić information content (AvgIpc) is 2.84. The van der Waals surface area contributed by atoms with Crippen LogP contribution in [0.3, 0.4) is 0 Å². The monoisotopic (exact) mass is 454 g/mol. The molecule has 2 heterocycles. The summed E-state index contributed by atoms with van der Waals surface area (Å²) in [6, 6.07) is 15.9. The predicted molar refractivity (Wildman–Crippen MR) is 135 cm³/mol. The number of benzene rings is 2. The Morgan fingerprint density at radius 1 is 1.03 bits per heavy atom. The van der Waals surface area contributed by atoms with Crippen molar-refractivity contribution in [2.75, 3.05) is 24.1 Å². The van der Waals surface area contributed by atoms with Crippen LogP contribution < -0.4 is 16.8 Å². The fraction of sp³-hybridized carbons (Fsp3) is 0.208. The summed E-state index contributed by atoms with van der Waals surface area (Å²) in [6.07, 6.45) is 2.59. The second kappa shape index (κ2) is 9.47. The van der Waals surface area contributed by atoms with Crippen molar-refractivity contribution >= 4 is 29.2 Å². The number of anilines is 2. The minimum Gasteiger partial charge on any atom is -0.382 e. The SMILES string of the molecule is NC(=O)C1CCN(C(=O)c2cccc(-c3cnc(N)c(C(=O)Nc4ccccc4)n3)c2)CC1.[HH].[HH].[HH].[HH].[HH]. The maximum Gasteiger partial charge on any atom is 0.278 e. The number of rotatable bonds is 5. The van der Waals surface area contributed by atoms with Crippen molar-refractivity contribution in [3.05, 3.63) is 72.1 Å². The van der Waals surface area contributed by atoms with Crippen molar-refractivity contribution in [2.24, 2.45) is 11.7 Å². The molecule has 4 rings (SSSR count). The topological polar surface area (TPSA) is 144 Å². The number of carbonyl (C=O) groups excluding carboxylic acids is 3. The third kappa shape index (κ3) is 4.98. The molecule has 1 aromatic heterocycles. The van der Waals surface area contributed by atoms with Crippen molar-refractivity contribution in [2.45, 2.75) is 12.8 Å². The average molecular weight is 455 g/mol. The lowest BCUT2D eigenvalue weighted by Gasteiger charge is -2.30. The maximum absolute atomic E-state index is 13.0. The van der Waals surface area contributed by atoms with Gasteiger partial charge >= 0.3 is 0 Å². The second-order valence-electron chi connectivity index (χ2n) is 7.86. The van der Waals surface area contributed by atoms with Crippen LogP contribution in [0.5, 0.6) is 0 Å². The first-order valence-electron chi connectivity index (χ1n) is 10.6. The Morgan fingerprint density at radius 2 is 1.76 bits per heavy atom. The largest absolute Gasteiger partial charge is 0.382 e. The number of hydrogen-bond donors (Lipinski definition) is 3. The van der Waals surface area contributed by atoms with Gasteiger partial charge in [-0.15, -0.1) is 0 Å². The van der Waals surface area contributed by atoms with Crippen molar-refractivity contribution in [1.82, 2.24) is 14.9 Å². The molecule has 0 aliphatic carbocycles. The molecule has 3 aromatic rings. The molecule has 0 radical (unpaired) electrons. The van der Waals surface area contributed by atoms with Gasteiger partial charge in [0.15, 0.2) is 11.5 Å². The van der Waals surface area contributed by atoms with Crippen molar-refractivity contribution in [1.29, 1.82) is 0 Å². The highest BCUT2D eigenvalue weighted by Crippen LogP contribution is 2.23. The first kappa shape index (κ1) is 21.9. The van der Waals surface area contributed by atoms with Crippen LogP contribution in [0.4, 0.5) is 11.5 Å². The molecule has 5 N–H and O–H groups in total. The highest BCUT2D eigenvalue weighted by Gasteiger charge is 2.26. The highest BCUT2D eigenvalue weighted by molar-refractivity contribution is 6.06. The van der Waals surface area contributed by atoms with Crippen LogP contribution in [-0.2, 0) is 4.79 Å². The Kier molecular flexibility index (Phi) is 6.30. The number of para-hydroxylation sites is 1. The zero-order valence-electron chi connectivity index (χ0n) is 17.9. The molecule has 178 valence electrons. The van der Waals surface area contributed by atoms with Gasteiger partial charge in [0.2, 0.25) is 5.91 Å². The highest BCUT2D eigenvalue weighted by atomic mass is 16.2. The Balaban J connectivity index is 0. The second-order valence-corrected chi connectivity index (χ2v) is 7.86. The van der Waals surface area contributed by atoms with E-state index in [1.807, 2.05) is 6.07 Å². The summed E-state index contributed by atoms with van der Waals surface area (Å²) in [7, 11) is 0. The lowest BCUT2D eigenvalue weighted by atomic mass is 9.95. The minimum atomic E-state index is -0.474. The molecular formula is C24H34N6O3. The molecule has 9 nitrogen and oxygen atoms in total. The van der Waals surface area contributed by atoms with Crippen molar-refractivity contribution in [3.8, 4) is 11.3 Å². The van der Waals surface area contributed by atoms with Gasteiger partial charge in [-0.1, -0.05) is 30.3 Å². The van der Waals surface area contributed by atoms with Crippen LogP contribution in [0.2, 0.25) is 0 Å². The number of hydrogen-bond acceptors (Lipinski definition) is 6. The van der Waals surface area contributed by atoms with Gasteiger partial charge in [-0.3, -0.25) is 14.4 Å². The van der Waals surface area contributed by atoms with Gasteiger partial charge in [0.05, 0.1) is 11.9 Å². The van der Waals surface area contributed by atoms with Gasteiger partial charge < -0.3 is 21.7 Å². The minimum absolute atomic E-state index is 0. The molecule has 0 saturated carbocycles. The molecule has 1 fully saturated rings. The van der Waals surface area contributed by atoms with E-state index in [2.05, 4.69) is 15.3 Å². The summed E-state index contributed by atoms with van der Waals surface area (Å²) < 4.78 is 0. The molecule has 1 aliphatic rings. The number of nitrogen functional groups attached to an aromatic ring is 1. The molecule has 1 aliphatic heterocycles. The number of nitrogens with two attached hydrogens (primary N) is 2. The molecule has 1 saturated heterocycles. The van der Waals surface area contributed by atoms with Crippen LogP contribution in [0, 0.1) is 5.92 Å². The fourth-order valence-electron chi connectivity index (χ4n) is 3.78. The van der Waals surface area contributed by atoms with E-state index in [0.717, 1.165) is 0 Å². The lowest BCUT2D eigenvalue weighted by Crippen LogP contribution is -2.41. The van der Waals surface area contributed by atoms with Gasteiger partial charge in [0, 0.05) is 43.0 Å². The first-order valence-corrected chi connectivity index (χ1v) is 10.6. The number of aromatic nitrogens is 2. The van der Waals surface area contributed by atoms with E-state index < -0.39 is 5.91 Å². The zero-order chi connectivity index (χ0) is 23.4. The molecule has 9 heteroatoms. The summed E-state index contributed by atoms with van der Waals surface area (Å²) in [4.78, 5) is 47.3. The number of likely N-dealkylation sites (tertiary alicyclic amines) is 1. The Labute approximate surface area is 198 Å². The van der Waals surface area contributed by atoms with E-state index in [9.17, 15) is 14.4 Å². The molecule has 33 heavy (non-hydrogen) atoms. The van der Waals surface area contributed by atoms with Crippen LogP contribution in [-0.4, -0.2) is 45.7 Å². The van der Waals surface area contributed by atoms with E-state index in [-0.39, 0.29) is 36.4 Å². The van der Waals surface area contributed by atoms with E-state index in [0.29, 0.717) is 48.4 Å². The maximum atomic E-state index is 13.0. The zero-order valence-corrected chi connectivity index (χ0v) is 17.9. The van der Waals surface area contributed by atoms with Gasteiger partial charge in [-0.05, 0) is 37.1 Å². The summed E-state index contributed by atoms with van der Waals surface area (Å²) in [5.41, 5.74) is 13.4. The number of nitrogens with zero attached hydrogens (tertiary/aromatic N) is 3. The van der Waals surface area contributed by atoms with Crippen LogP contribution >= 0.6 is 0 Å². The lowest BCUT2D eigenvalue weighted by molar-refractivity contribution is -0.123. The Hall–Kier alpha value is -4.27. The van der Waals surface area contributed by atoms with Crippen molar-refractivity contribution < 1.29 is 21.5 Å². The Morgan fingerprint density at radius 3 is 2.45 bits per heavy atom. The molecule has 2 aromatic carbocycles. The summed E-state index contributed by atoms with van der Waals surface area (Å²) in [5.74, 6) is -1.11. The quantitative estimate of drug-likeness (QED) is 0.538. The molecule has 0 atom stereocenters. The number of carbonyl (C=O) groups is 3. The number of amides is 3. The standard InChI is InChI=1S/C24H24N6O3.5H2/c25-21-20(23(32)28-18-7-2-1-3-8-18)29-19(14-27-21)16-5-4-6-17(13-16)24(33)30-11-9-15(10-12-30)22(26)31;;;;;/h1-8,13-15H,9-12H2,(H2,25,27)(H2,26,31)(H,28,32);5*1H. The van der Waals surface area contributed by atoms with E-state index >= 15 is 0 Å². The van der Waals surface area contributed by atoms with Crippen LogP contribution in [0.25, 0.3) is 11.3 Å². The summed E-state index contributed by atoms with van der Waals surface area (Å²) >= 11 is 0. The van der Waals surface area contributed by atoms with E-state index in [1.54, 1.807) is 53.4 Å². The molecule has 0 bridgehead atoms. The number of piperidine rings is 1. The first-order chi connectivity index (χ1) is 15.9. The number of primary amides is 1. The predicted octanol–water partition coefficient (Wildman–Crippen LogP) is 3.55. The number of nitrogens with one attached hydrogen (secondary N) is 1. The Bertz CT molecular complexity index is 1210. The molecule has 0 unspecified atom stereocenters. The van der Waals surface area contributed by atoms with Crippen molar-refractivity contribution in [3.63, 3.8) is 0 Å². The molecular weight excluding hydrogens is 420 g/mol. The van der Waals surface area contributed by atoms with Gasteiger partial charge in [-0.2, -0.15) is 0 Å². The van der Waals surface area contributed by atoms with Gasteiger partial charge in [0.1, 0.15) is 0 Å². The van der Waals surface area contributed by atoms with Gasteiger partial charge in [0.25, 0.3) is 11.8 Å².